The van der Waals surface area contributed by atoms with Gasteiger partial charge in [-0.25, -0.2) is 8.42 Å². The molecule has 0 amide bonds. The van der Waals surface area contributed by atoms with Gasteiger partial charge in [-0.3, -0.25) is 0 Å². The van der Waals surface area contributed by atoms with Gasteiger partial charge >= 0.3 is 0 Å². The summed E-state index contributed by atoms with van der Waals surface area (Å²) in [5, 5.41) is 0. The van der Waals surface area contributed by atoms with Crippen molar-refractivity contribution in [2.24, 2.45) is 11.1 Å². The van der Waals surface area contributed by atoms with E-state index < -0.39 is 10.0 Å². The molecule has 1 saturated heterocycles. The monoisotopic (exact) mass is 312 g/mol. The van der Waals surface area contributed by atoms with E-state index in [0.717, 1.165) is 6.42 Å². The maximum Gasteiger partial charge on any atom is 0.243 e. The van der Waals surface area contributed by atoms with Gasteiger partial charge in [0.25, 0.3) is 0 Å². The van der Waals surface area contributed by atoms with Crippen molar-refractivity contribution in [2.45, 2.75) is 18.2 Å². The second-order valence-corrected chi connectivity index (χ2v) is 7.85. The summed E-state index contributed by atoms with van der Waals surface area (Å²) >= 11 is 0. The van der Waals surface area contributed by atoms with Crippen molar-refractivity contribution >= 4 is 10.0 Å². The minimum Gasteiger partial charge on any atom is -0.486 e. The minimum atomic E-state index is -3.51. The van der Waals surface area contributed by atoms with Crippen molar-refractivity contribution in [1.82, 2.24) is 4.31 Å². The van der Waals surface area contributed by atoms with Crippen LogP contribution in [0.2, 0.25) is 0 Å². The first-order chi connectivity index (χ1) is 9.94. The summed E-state index contributed by atoms with van der Waals surface area (Å²) in [6.45, 7) is 4.39. The van der Waals surface area contributed by atoms with Crippen molar-refractivity contribution in [2.75, 3.05) is 32.8 Å². The van der Waals surface area contributed by atoms with Crippen LogP contribution in [0.4, 0.5) is 0 Å². The predicted molar refractivity (Wildman–Crippen MR) is 78.0 cm³/mol. The van der Waals surface area contributed by atoms with E-state index in [1.54, 1.807) is 18.2 Å². The molecule has 1 atom stereocenters. The van der Waals surface area contributed by atoms with Crippen LogP contribution in [0.5, 0.6) is 11.5 Å². The zero-order valence-corrected chi connectivity index (χ0v) is 12.9. The molecule has 7 heteroatoms. The topological polar surface area (TPSA) is 81.9 Å². The van der Waals surface area contributed by atoms with Gasteiger partial charge in [-0.1, -0.05) is 6.92 Å². The highest BCUT2D eigenvalue weighted by Gasteiger charge is 2.39. The zero-order valence-electron chi connectivity index (χ0n) is 12.0. The molecule has 116 valence electrons. The molecule has 2 N–H and O–H groups in total. The van der Waals surface area contributed by atoms with Gasteiger partial charge in [-0.2, -0.15) is 4.31 Å². The van der Waals surface area contributed by atoms with E-state index in [1.807, 2.05) is 6.92 Å². The molecule has 0 spiro atoms. The summed E-state index contributed by atoms with van der Waals surface area (Å²) in [6.07, 6.45) is 0.785. The summed E-state index contributed by atoms with van der Waals surface area (Å²) in [5.41, 5.74) is 5.61. The van der Waals surface area contributed by atoms with Gasteiger partial charge in [0.2, 0.25) is 10.0 Å². The average molecular weight is 312 g/mol. The van der Waals surface area contributed by atoms with Crippen molar-refractivity contribution in [1.29, 1.82) is 0 Å². The third-order valence-corrected chi connectivity index (χ3v) is 6.01. The van der Waals surface area contributed by atoms with Gasteiger partial charge in [0.15, 0.2) is 11.5 Å². The molecule has 0 bridgehead atoms. The van der Waals surface area contributed by atoms with E-state index in [0.29, 0.717) is 44.3 Å². The van der Waals surface area contributed by atoms with Gasteiger partial charge in [0.1, 0.15) is 13.2 Å². The number of nitrogens with two attached hydrogens (primary N) is 1. The Hall–Kier alpha value is -1.31. The molecule has 6 nitrogen and oxygen atoms in total. The molecule has 3 rings (SSSR count). The third kappa shape index (κ3) is 2.61. The third-order valence-electron chi connectivity index (χ3n) is 4.17. The van der Waals surface area contributed by atoms with E-state index in [4.69, 9.17) is 15.2 Å². The Morgan fingerprint density at radius 2 is 2.00 bits per heavy atom. The van der Waals surface area contributed by atoms with Gasteiger partial charge in [-0.15, -0.1) is 0 Å². The Labute approximate surface area is 124 Å². The molecule has 1 aromatic rings. The molecule has 0 saturated carbocycles. The molecule has 2 aliphatic rings. The SMILES string of the molecule is CC1(CN)CCN(S(=O)(=O)c2ccc3c(c2)OCCO3)C1. The number of fused-ring (bicyclic) bond motifs is 1. The summed E-state index contributed by atoms with van der Waals surface area (Å²) in [6, 6.07) is 4.77. The maximum absolute atomic E-state index is 12.7. The molecular formula is C14H20N2O4S. The van der Waals surface area contributed by atoms with Crippen molar-refractivity contribution in [3.8, 4) is 11.5 Å². The zero-order chi connectivity index (χ0) is 15.1. The van der Waals surface area contributed by atoms with Crippen LogP contribution < -0.4 is 15.2 Å². The lowest BCUT2D eigenvalue weighted by molar-refractivity contribution is 0.171. The number of rotatable bonds is 3. The highest BCUT2D eigenvalue weighted by molar-refractivity contribution is 7.89. The van der Waals surface area contributed by atoms with Crippen LogP contribution >= 0.6 is 0 Å². The quantitative estimate of drug-likeness (QED) is 0.893. The number of hydrogen-bond acceptors (Lipinski definition) is 5. The van der Waals surface area contributed by atoms with E-state index in [1.165, 1.54) is 4.31 Å². The summed E-state index contributed by atoms with van der Waals surface area (Å²) in [5.74, 6) is 1.08. The lowest BCUT2D eigenvalue weighted by Crippen LogP contribution is -2.34. The number of nitrogens with zero attached hydrogens (tertiary/aromatic N) is 1. The second-order valence-electron chi connectivity index (χ2n) is 5.91. The van der Waals surface area contributed by atoms with Crippen molar-refractivity contribution in [3.63, 3.8) is 0 Å². The van der Waals surface area contributed by atoms with Crippen LogP contribution in [-0.2, 0) is 10.0 Å². The Morgan fingerprint density at radius 1 is 1.29 bits per heavy atom. The Morgan fingerprint density at radius 3 is 2.67 bits per heavy atom. The Bertz CT molecular complexity index is 646. The summed E-state index contributed by atoms with van der Waals surface area (Å²) in [7, 11) is -3.51. The van der Waals surface area contributed by atoms with Gasteiger partial charge in [0.05, 0.1) is 4.90 Å². The van der Waals surface area contributed by atoms with Crippen molar-refractivity contribution in [3.05, 3.63) is 18.2 Å². The molecule has 1 unspecified atom stereocenters. The van der Waals surface area contributed by atoms with Crippen LogP contribution in [0.1, 0.15) is 13.3 Å². The molecule has 1 fully saturated rings. The predicted octanol–water partition coefficient (Wildman–Crippen LogP) is 0.817. The standard InChI is InChI=1S/C14H20N2O4S/c1-14(9-15)4-5-16(10-14)21(17,18)11-2-3-12-13(8-11)20-7-6-19-12/h2-3,8H,4-7,9-10,15H2,1H3. The van der Waals surface area contributed by atoms with Crippen LogP contribution in [0.15, 0.2) is 23.1 Å². The highest BCUT2D eigenvalue weighted by atomic mass is 32.2. The average Bonchev–Trinajstić information content (AvgIpc) is 2.91. The van der Waals surface area contributed by atoms with E-state index in [2.05, 4.69) is 0 Å². The summed E-state index contributed by atoms with van der Waals surface area (Å²) in [4.78, 5) is 0.244. The van der Waals surface area contributed by atoms with Gasteiger partial charge in [0, 0.05) is 19.2 Å². The van der Waals surface area contributed by atoms with E-state index in [9.17, 15) is 8.42 Å². The van der Waals surface area contributed by atoms with Crippen LogP contribution in [0.25, 0.3) is 0 Å². The van der Waals surface area contributed by atoms with E-state index >= 15 is 0 Å². The smallest absolute Gasteiger partial charge is 0.243 e. The number of hydrogen-bond donors (Lipinski definition) is 1. The molecule has 2 heterocycles. The van der Waals surface area contributed by atoms with Gasteiger partial charge < -0.3 is 15.2 Å². The minimum absolute atomic E-state index is 0.138. The highest BCUT2D eigenvalue weighted by Crippen LogP contribution is 2.36. The lowest BCUT2D eigenvalue weighted by atomic mass is 9.90. The van der Waals surface area contributed by atoms with Crippen LogP contribution in [0.3, 0.4) is 0 Å². The number of sulfonamides is 1. The maximum atomic E-state index is 12.7. The van der Waals surface area contributed by atoms with Gasteiger partial charge in [-0.05, 0) is 30.5 Å². The van der Waals surface area contributed by atoms with Crippen LogP contribution in [-0.4, -0.2) is 45.6 Å². The van der Waals surface area contributed by atoms with Crippen molar-refractivity contribution < 1.29 is 17.9 Å². The molecule has 0 radical (unpaired) electrons. The first kappa shape index (κ1) is 14.6. The fraction of sp³-hybridized carbons (Fsp3) is 0.571. The molecular weight excluding hydrogens is 292 g/mol. The first-order valence-corrected chi connectivity index (χ1v) is 8.49. The summed E-state index contributed by atoms with van der Waals surface area (Å²) < 4.78 is 37.8. The normalized spacial score (nSPS) is 26.0. The molecule has 0 aromatic heterocycles. The molecule has 2 aliphatic heterocycles. The Kier molecular flexibility index (Phi) is 3.59. The Balaban J connectivity index is 1.89. The van der Waals surface area contributed by atoms with E-state index in [-0.39, 0.29) is 10.3 Å². The molecule has 0 aliphatic carbocycles. The fourth-order valence-electron chi connectivity index (χ4n) is 2.68. The first-order valence-electron chi connectivity index (χ1n) is 7.05. The lowest BCUT2D eigenvalue weighted by Gasteiger charge is -2.23. The number of benzene rings is 1. The molecule has 21 heavy (non-hydrogen) atoms. The van der Waals surface area contributed by atoms with Crippen LogP contribution in [0, 0.1) is 5.41 Å². The fourth-order valence-corrected chi connectivity index (χ4v) is 4.29. The number of ether oxygens (including phenoxy) is 2. The second kappa shape index (κ2) is 5.15. The molecule has 1 aromatic carbocycles. The largest absolute Gasteiger partial charge is 0.486 e.